The van der Waals surface area contributed by atoms with Crippen molar-refractivity contribution in [3.05, 3.63) is 57.0 Å². The molecule has 0 bridgehead atoms. The number of amides is 2. The van der Waals surface area contributed by atoms with Gasteiger partial charge in [-0.15, -0.1) is 11.3 Å². The monoisotopic (exact) mass is 312 g/mol. The van der Waals surface area contributed by atoms with Crippen molar-refractivity contribution >= 4 is 29.0 Å². The Balaban J connectivity index is 1.82. The van der Waals surface area contributed by atoms with E-state index >= 15 is 0 Å². The lowest BCUT2D eigenvalue weighted by Gasteiger charge is -2.13. The van der Waals surface area contributed by atoms with Crippen LogP contribution >= 0.6 is 22.9 Å². The van der Waals surface area contributed by atoms with Gasteiger partial charge in [0.2, 0.25) is 0 Å². The van der Waals surface area contributed by atoms with E-state index in [0.717, 1.165) is 10.4 Å². The Morgan fingerprint density at radius 2 is 2.00 bits per heavy atom. The molecule has 1 atom stereocenters. The quantitative estimate of drug-likeness (QED) is 0.876. The SMILES string of the molecule is C[C@@H](NC(=O)NCc1ccc(F)cc1)c1ccc(Cl)s1. The lowest BCUT2D eigenvalue weighted by molar-refractivity contribution is 0.237. The molecule has 0 spiro atoms. The van der Waals surface area contributed by atoms with Crippen molar-refractivity contribution in [3.63, 3.8) is 0 Å². The van der Waals surface area contributed by atoms with Gasteiger partial charge < -0.3 is 10.6 Å². The highest BCUT2D eigenvalue weighted by Crippen LogP contribution is 2.26. The Morgan fingerprint density at radius 1 is 1.30 bits per heavy atom. The van der Waals surface area contributed by atoms with Crippen LogP contribution in [0.4, 0.5) is 9.18 Å². The van der Waals surface area contributed by atoms with Gasteiger partial charge in [-0.05, 0) is 36.8 Å². The summed E-state index contributed by atoms with van der Waals surface area (Å²) in [5.41, 5.74) is 0.841. The fraction of sp³-hybridized carbons (Fsp3) is 0.214. The second-order valence-corrected chi connectivity index (χ2v) is 6.06. The molecule has 0 aliphatic rings. The summed E-state index contributed by atoms with van der Waals surface area (Å²) in [5.74, 6) is -0.290. The van der Waals surface area contributed by atoms with Gasteiger partial charge in [0, 0.05) is 11.4 Å². The van der Waals surface area contributed by atoms with Crippen molar-refractivity contribution in [1.29, 1.82) is 0 Å². The number of urea groups is 1. The molecule has 2 rings (SSSR count). The molecule has 0 aliphatic carbocycles. The van der Waals surface area contributed by atoms with Gasteiger partial charge >= 0.3 is 6.03 Å². The van der Waals surface area contributed by atoms with E-state index in [9.17, 15) is 9.18 Å². The van der Waals surface area contributed by atoms with Gasteiger partial charge in [0.25, 0.3) is 0 Å². The van der Waals surface area contributed by atoms with E-state index in [-0.39, 0.29) is 17.9 Å². The highest BCUT2D eigenvalue weighted by atomic mass is 35.5. The van der Waals surface area contributed by atoms with Gasteiger partial charge in [0.05, 0.1) is 10.4 Å². The summed E-state index contributed by atoms with van der Waals surface area (Å²) in [5, 5.41) is 5.54. The first kappa shape index (κ1) is 14.8. The van der Waals surface area contributed by atoms with Gasteiger partial charge in [0.1, 0.15) is 5.82 Å². The number of hydrogen-bond acceptors (Lipinski definition) is 2. The molecule has 0 saturated carbocycles. The van der Waals surface area contributed by atoms with Crippen LogP contribution in [0.15, 0.2) is 36.4 Å². The first-order valence-corrected chi connectivity index (χ1v) is 7.28. The number of rotatable bonds is 4. The first-order valence-electron chi connectivity index (χ1n) is 6.08. The van der Waals surface area contributed by atoms with E-state index in [4.69, 9.17) is 11.6 Å². The van der Waals surface area contributed by atoms with Crippen LogP contribution in [0.5, 0.6) is 0 Å². The molecule has 0 radical (unpaired) electrons. The molecule has 2 aromatic rings. The van der Waals surface area contributed by atoms with Crippen LogP contribution in [0.1, 0.15) is 23.4 Å². The van der Waals surface area contributed by atoms with Crippen molar-refractivity contribution in [2.75, 3.05) is 0 Å². The van der Waals surface area contributed by atoms with Crippen molar-refractivity contribution in [3.8, 4) is 0 Å². The molecule has 1 aromatic heterocycles. The Labute approximate surface area is 125 Å². The summed E-state index contributed by atoms with van der Waals surface area (Å²) in [7, 11) is 0. The Hall–Kier alpha value is -1.59. The largest absolute Gasteiger partial charge is 0.334 e. The normalized spacial score (nSPS) is 11.9. The standard InChI is InChI=1S/C14H14ClFN2OS/c1-9(12-6-7-13(15)20-12)18-14(19)17-8-10-2-4-11(16)5-3-10/h2-7,9H,8H2,1H3,(H2,17,18,19)/t9-/m1/s1. The van der Waals surface area contributed by atoms with E-state index in [1.54, 1.807) is 18.2 Å². The lowest BCUT2D eigenvalue weighted by Crippen LogP contribution is -2.36. The number of carbonyl (C=O) groups is 1. The third kappa shape index (κ3) is 4.21. The van der Waals surface area contributed by atoms with Crippen molar-refractivity contribution in [2.24, 2.45) is 0 Å². The van der Waals surface area contributed by atoms with Gasteiger partial charge in [0.15, 0.2) is 0 Å². The van der Waals surface area contributed by atoms with E-state index in [2.05, 4.69) is 10.6 Å². The molecule has 0 unspecified atom stereocenters. The summed E-state index contributed by atoms with van der Waals surface area (Å²) < 4.78 is 13.4. The number of halogens is 2. The minimum atomic E-state index is -0.290. The average molecular weight is 313 g/mol. The first-order chi connectivity index (χ1) is 9.54. The molecule has 106 valence electrons. The van der Waals surface area contributed by atoms with Crippen LogP contribution in [-0.4, -0.2) is 6.03 Å². The maximum absolute atomic E-state index is 12.7. The minimum Gasteiger partial charge on any atom is -0.334 e. The van der Waals surface area contributed by atoms with E-state index in [1.807, 2.05) is 13.0 Å². The third-order valence-electron chi connectivity index (χ3n) is 2.73. The van der Waals surface area contributed by atoms with E-state index in [0.29, 0.717) is 10.9 Å². The molecule has 1 aromatic carbocycles. The van der Waals surface area contributed by atoms with Crippen molar-refractivity contribution in [1.82, 2.24) is 10.6 Å². The zero-order valence-electron chi connectivity index (χ0n) is 10.8. The number of hydrogen-bond donors (Lipinski definition) is 2. The summed E-state index contributed by atoms with van der Waals surface area (Å²) in [6.45, 7) is 2.24. The van der Waals surface area contributed by atoms with Gasteiger partial charge in [-0.2, -0.15) is 0 Å². The maximum atomic E-state index is 12.7. The number of thiophene rings is 1. The molecule has 20 heavy (non-hydrogen) atoms. The third-order valence-corrected chi connectivity index (χ3v) is 4.15. The van der Waals surface area contributed by atoms with Crippen LogP contribution in [0.2, 0.25) is 4.34 Å². The molecule has 3 nitrogen and oxygen atoms in total. The fourth-order valence-corrected chi connectivity index (χ4v) is 2.73. The topological polar surface area (TPSA) is 41.1 Å². The summed E-state index contributed by atoms with van der Waals surface area (Å²) >= 11 is 7.29. The predicted octanol–water partition coefficient (Wildman–Crippen LogP) is 4.10. The molecule has 2 amide bonds. The molecular formula is C14H14ClFN2OS. The number of nitrogens with one attached hydrogen (secondary N) is 2. The van der Waals surface area contributed by atoms with E-state index < -0.39 is 0 Å². The summed E-state index contributed by atoms with van der Waals surface area (Å²) in [6.07, 6.45) is 0. The molecule has 0 aliphatic heterocycles. The van der Waals surface area contributed by atoms with Crippen LogP contribution in [0.3, 0.4) is 0 Å². The zero-order chi connectivity index (χ0) is 14.5. The van der Waals surface area contributed by atoms with Gasteiger partial charge in [-0.3, -0.25) is 0 Å². The lowest BCUT2D eigenvalue weighted by atomic mass is 10.2. The molecule has 2 N–H and O–H groups in total. The number of carbonyl (C=O) groups excluding carboxylic acids is 1. The predicted molar refractivity (Wildman–Crippen MR) is 79.5 cm³/mol. The Morgan fingerprint density at radius 3 is 2.60 bits per heavy atom. The van der Waals surface area contributed by atoms with Crippen molar-refractivity contribution in [2.45, 2.75) is 19.5 Å². The second kappa shape index (κ2) is 6.72. The fourth-order valence-electron chi connectivity index (χ4n) is 1.66. The molecule has 0 fully saturated rings. The molecule has 6 heteroatoms. The second-order valence-electron chi connectivity index (χ2n) is 4.32. The van der Waals surface area contributed by atoms with Crippen LogP contribution in [-0.2, 0) is 6.54 Å². The Kier molecular flexibility index (Phi) is 4.98. The maximum Gasteiger partial charge on any atom is 0.315 e. The highest BCUT2D eigenvalue weighted by molar-refractivity contribution is 7.16. The smallest absolute Gasteiger partial charge is 0.315 e. The minimum absolute atomic E-state index is 0.110. The average Bonchev–Trinajstić information content (AvgIpc) is 2.85. The van der Waals surface area contributed by atoms with E-state index in [1.165, 1.54) is 23.5 Å². The van der Waals surface area contributed by atoms with Crippen LogP contribution in [0.25, 0.3) is 0 Å². The Bertz CT molecular complexity index is 585. The molecule has 0 saturated heterocycles. The number of benzene rings is 1. The summed E-state index contributed by atoms with van der Waals surface area (Å²) in [6, 6.07) is 9.31. The highest BCUT2D eigenvalue weighted by Gasteiger charge is 2.11. The van der Waals surface area contributed by atoms with Crippen molar-refractivity contribution < 1.29 is 9.18 Å². The zero-order valence-corrected chi connectivity index (χ0v) is 12.4. The molecule has 1 heterocycles. The molecular weight excluding hydrogens is 299 g/mol. The van der Waals surface area contributed by atoms with Gasteiger partial charge in [-0.25, -0.2) is 9.18 Å². The van der Waals surface area contributed by atoms with Gasteiger partial charge in [-0.1, -0.05) is 23.7 Å². The van der Waals surface area contributed by atoms with Crippen LogP contribution in [0, 0.1) is 5.82 Å². The van der Waals surface area contributed by atoms with Crippen LogP contribution < -0.4 is 10.6 Å². The summed E-state index contributed by atoms with van der Waals surface area (Å²) in [4.78, 5) is 12.7.